The molecule has 0 aliphatic heterocycles. The van der Waals surface area contributed by atoms with Crippen LogP contribution in [0.1, 0.15) is 0 Å². The van der Waals surface area contributed by atoms with E-state index in [4.69, 9.17) is 9.72 Å². The number of anilines is 1. The van der Waals surface area contributed by atoms with Crippen molar-refractivity contribution in [1.82, 2.24) is 15.0 Å². The Hall–Kier alpha value is -2.99. The van der Waals surface area contributed by atoms with E-state index in [9.17, 15) is 0 Å². The van der Waals surface area contributed by atoms with Crippen molar-refractivity contribution in [2.75, 3.05) is 19.5 Å². The highest BCUT2D eigenvalue weighted by Crippen LogP contribution is 2.36. The zero-order chi connectivity index (χ0) is 17.2. The van der Waals surface area contributed by atoms with Crippen molar-refractivity contribution in [2.45, 2.75) is 0 Å². The molecule has 0 bridgehead atoms. The first-order chi connectivity index (χ1) is 12.3. The molecule has 0 radical (unpaired) electrons. The van der Waals surface area contributed by atoms with Crippen molar-refractivity contribution in [3.63, 3.8) is 0 Å². The Morgan fingerprint density at radius 3 is 2.68 bits per heavy atom. The summed E-state index contributed by atoms with van der Waals surface area (Å²) in [6.45, 7) is 0. The number of pyridine rings is 1. The molecule has 124 valence electrons. The Morgan fingerprint density at radius 2 is 2.00 bits per heavy atom. The van der Waals surface area contributed by atoms with Gasteiger partial charge in [-0.15, -0.1) is 11.3 Å². The number of benzene rings is 1. The Labute approximate surface area is 149 Å². The van der Waals surface area contributed by atoms with Gasteiger partial charge >= 0.3 is 0 Å². The summed E-state index contributed by atoms with van der Waals surface area (Å²) in [6.07, 6.45) is 3.49. The molecule has 0 aliphatic carbocycles. The van der Waals surface area contributed by atoms with Crippen molar-refractivity contribution >= 4 is 28.1 Å². The topological polar surface area (TPSA) is 59.9 Å². The number of thiophene rings is 1. The average Bonchev–Trinajstić information content (AvgIpc) is 3.21. The van der Waals surface area contributed by atoms with Crippen LogP contribution in [0.15, 0.2) is 54.2 Å². The second-order valence-corrected chi connectivity index (χ2v) is 6.39. The van der Waals surface area contributed by atoms with Crippen LogP contribution in [0.3, 0.4) is 0 Å². The van der Waals surface area contributed by atoms with Gasteiger partial charge in [-0.05, 0) is 41.3 Å². The van der Waals surface area contributed by atoms with E-state index in [0.717, 1.165) is 33.6 Å². The smallest absolute Gasteiger partial charge is 0.163 e. The van der Waals surface area contributed by atoms with Crippen LogP contribution >= 0.6 is 11.3 Å². The van der Waals surface area contributed by atoms with Crippen LogP contribution < -0.4 is 10.1 Å². The molecule has 4 rings (SSSR count). The lowest BCUT2D eigenvalue weighted by Crippen LogP contribution is -2.00. The van der Waals surface area contributed by atoms with Crippen LogP contribution in [0, 0.1) is 0 Å². The number of aromatic nitrogens is 3. The van der Waals surface area contributed by atoms with Crippen LogP contribution in [0.2, 0.25) is 0 Å². The van der Waals surface area contributed by atoms with E-state index in [1.54, 1.807) is 30.8 Å². The summed E-state index contributed by atoms with van der Waals surface area (Å²) in [7, 11) is 3.52. The van der Waals surface area contributed by atoms with Gasteiger partial charge in [0.2, 0.25) is 0 Å². The highest BCUT2D eigenvalue weighted by Gasteiger charge is 2.15. The quantitative estimate of drug-likeness (QED) is 0.589. The van der Waals surface area contributed by atoms with Crippen molar-refractivity contribution in [2.24, 2.45) is 0 Å². The SMILES string of the molecule is CNc1nc(-c2cccnc2)nc2c(OC)cc(-c3cccs3)cc12. The number of hydrogen-bond donors (Lipinski definition) is 1. The molecule has 0 atom stereocenters. The normalized spacial score (nSPS) is 10.8. The fourth-order valence-corrected chi connectivity index (χ4v) is 3.47. The molecule has 0 spiro atoms. The highest BCUT2D eigenvalue weighted by atomic mass is 32.1. The van der Waals surface area contributed by atoms with E-state index < -0.39 is 0 Å². The van der Waals surface area contributed by atoms with Gasteiger partial charge in [0.25, 0.3) is 0 Å². The van der Waals surface area contributed by atoms with Crippen LogP contribution in [0.25, 0.3) is 32.7 Å². The Morgan fingerprint density at radius 1 is 1.08 bits per heavy atom. The first-order valence-electron chi connectivity index (χ1n) is 7.82. The van der Waals surface area contributed by atoms with Crippen LogP contribution in [0.5, 0.6) is 5.75 Å². The number of hydrogen-bond acceptors (Lipinski definition) is 6. The van der Waals surface area contributed by atoms with Crippen LogP contribution in [-0.4, -0.2) is 29.1 Å². The fraction of sp³-hybridized carbons (Fsp3) is 0.105. The molecule has 0 saturated carbocycles. The molecule has 0 saturated heterocycles. The van der Waals surface area contributed by atoms with Gasteiger partial charge in [-0.25, -0.2) is 9.97 Å². The number of methoxy groups -OCH3 is 1. The maximum Gasteiger partial charge on any atom is 0.163 e. The molecule has 0 aliphatic rings. The predicted octanol–water partition coefficient (Wildman–Crippen LogP) is 4.47. The molecule has 6 heteroatoms. The fourth-order valence-electron chi connectivity index (χ4n) is 2.76. The second kappa shape index (κ2) is 6.49. The summed E-state index contributed by atoms with van der Waals surface area (Å²) in [5, 5.41) is 6.17. The molecule has 0 amide bonds. The Kier molecular flexibility index (Phi) is 4.03. The molecular weight excluding hydrogens is 332 g/mol. The minimum Gasteiger partial charge on any atom is -0.494 e. The minimum atomic E-state index is 0.618. The summed E-state index contributed by atoms with van der Waals surface area (Å²) in [5.74, 6) is 2.11. The van der Waals surface area contributed by atoms with E-state index in [2.05, 4.69) is 32.8 Å². The first kappa shape index (κ1) is 15.5. The largest absolute Gasteiger partial charge is 0.494 e. The van der Waals surface area contributed by atoms with Gasteiger partial charge in [-0.2, -0.15) is 0 Å². The van der Waals surface area contributed by atoms with Crippen molar-refractivity contribution in [3.05, 3.63) is 54.2 Å². The van der Waals surface area contributed by atoms with E-state index in [1.165, 1.54) is 4.88 Å². The Balaban J connectivity index is 1.99. The molecule has 4 aromatic rings. The third-order valence-corrected chi connectivity index (χ3v) is 4.87. The van der Waals surface area contributed by atoms with Crippen molar-refractivity contribution < 1.29 is 4.74 Å². The second-order valence-electron chi connectivity index (χ2n) is 5.44. The average molecular weight is 348 g/mol. The predicted molar refractivity (Wildman–Crippen MR) is 102 cm³/mol. The maximum absolute atomic E-state index is 5.63. The molecule has 3 heterocycles. The van der Waals surface area contributed by atoms with Gasteiger partial charge in [-0.3, -0.25) is 4.98 Å². The van der Waals surface area contributed by atoms with Gasteiger partial charge in [-0.1, -0.05) is 6.07 Å². The van der Waals surface area contributed by atoms with Gasteiger partial charge in [0, 0.05) is 35.3 Å². The van der Waals surface area contributed by atoms with E-state index >= 15 is 0 Å². The molecule has 1 N–H and O–H groups in total. The minimum absolute atomic E-state index is 0.618. The number of rotatable bonds is 4. The van der Waals surface area contributed by atoms with Gasteiger partial charge in [0.05, 0.1) is 7.11 Å². The zero-order valence-electron chi connectivity index (χ0n) is 13.9. The van der Waals surface area contributed by atoms with E-state index in [0.29, 0.717) is 5.82 Å². The van der Waals surface area contributed by atoms with E-state index in [-0.39, 0.29) is 0 Å². The monoisotopic (exact) mass is 348 g/mol. The molecule has 0 fully saturated rings. The molecule has 5 nitrogen and oxygen atoms in total. The molecule has 1 aromatic carbocycles. The molecule has 3 aromatic heterocycles. The first-order valence-corrected chi connectivity index (χ1v) is 8.70. The van der Waals surface area contributed by atoms with Gasteiger partial charge in [0.15, 0.2) is 5.82 Å². The number of fused-ring (bicyclic) bond motifs is 1. The van der Waals surface area contributed by atoms with Crippen LogP contribution in [-0.2, 0) is 0 Å². The lowest BCUT2D eigenvalue weighted by molar-refractivity contribution is 0.419. The standard InChI is InChI=1S/C19H16N4OS/c1-20-19-14-9-13(16-6-4-8-25-16)10-15(24-2)17(14)22-18(23-19)12-5-3-7-21-11-12/h3-11H,1-2H3,(H,20,22,23). The third-order valence-electron chi connectivity index (χ3n) is 3.95. The zero-order valence-corrected chi connectivity index (χ0v) is 14.7. The summed E-state index contributed by atoms with van der Waals surface area (Å²) >= 11 is 1.69. The van der Waals surface area contributed by atoms with E-state index in [1.807, 2.05) is 31.3 Å². The lowest BCUT2D eigenvalue weighted by atomic mass is 10.1. The lowest BCUT2D eigenvalue weighted by Gasteiger charge is -2.12. The summed E-state index contributed by atoms with van der Waals surface area (Å²) in [5.41, 5.74) is 2.74. The van der Waals surface area contributed by atoms with Gasteiger partial charge in [0.1, 0.15) is 17.1 Å². The number of nitrogens with one attached hydrogen (secondary N) is 1. The van der Waals surface area contributed by atoms with Crippen molar-refractivity contribution in [1.29, 1.82) is 0 Å². The molecular formula is C19H16N4OS. The number of ether oxygens (including phenoxy) is 1. The van der Waals surface area contributed by atoms with Crippen molar-refractivity contribution in [3.8, 4) is 27.6 Å². The number of nitrogens with zero attached hydrogens (tertiary/aromatic N) is 3. The van der Waals surface area contributed by atoms with Crippen LogP contribution in [0.4, 0.5) is 5.82 Å². The molecule has 0 unspecified atom stereocenters. The summed E-state index contributed by atoms with van der Waals surface area (Å²) in [6, 6.07) is 12.1. The summed E-state index contributed by atoms with van der Waals surface area (Å²) in [4.78, 5) is 14.7. The maximum atomic E-state index is 5.63. The van der Waals surface area contributed by atoms with Gasteiger partial charge < -0.3 is 10.1 Å². The summed E-state index contributed by atoms with van der Waals surface area (Å²) < 4.78 is 5.63. The Bertz CT molecular complexity index is 1020. The highest BCUT2D eigenvalue weighted by molar-refractivity contribution is 7.13. The third kappa shape index (κ3) is 2.81. The molecule has 25 heavy (non-hydrogen) atoms.